The molecule has 0 bridgehead atoms. The topological polar surface area (TPSA) is 77.1 Å². The van der Waals surface area contributed by atoms with Gasteiger partial charge in [-0.05, 0) is 43.7 Å². The van der Waals surface area contributed by atoms with Crippen LogP contribution in [0.25, 0.3) is 11.3 Å². The van der Waals surface area contributed by atoms with Crippen molar-refractivity contribution in [2.45, 2.75) is 19.9 Å². The van der Waals surface area contributed by atoms with Gasteiger partial charge in [-0.25, -0.2) is 0 Å². The summed E-state index contributed by atoms with van der Waals surface area (Å²) in [6.07, 6.45) is 3.39. The molecule has 0 spiro atoms. The zero-order valence-electron chi connectivity index (χ0n) is 15.1. The summed E-state index contributed by atoms with van der Waals surface area (Å²) < 4.78 is 3.09. The lowest BCUT2D eigenvalue weighted by atomic mass is 10.2. The number of rotatable bonds is 4. The maximum Gasteiger partial charge on any atom is 0.292 e. The summed E-state index contributed by atoms with van der Waals surface area (Å²) in [6.45, 7) is 3.79. The fourth-order valence-corrected chi connectivity index (χ4v) is 3.24. The van der Waals surface area contributed by atoms with Crippen LogP contribution in [0.4, 0.5) is 5.69 Å². The molecule has 0 aliphatic heterocycles. The van der Waals surface area contributed by atoms with Gasteiger partial charge in [0, 0.05) is 11.2 Å². The molecule has 3 heterocycles. The van der Waals surface area contributed by atoms with Crippen LogP contribution in [-0.4, -0.2) is 24.4 Å². The van der Waals surface area contributed by atoms with Gasteiger partial charge in [-0.2, -0.15) is 9.78 Å². The summed E-state index contributed by atoms with van der Waals surface area (Å²) in [4.78, 5) is 12.7. The van der Waals surface area contributed by atoms with Crippen molar-refractivity contribution in [3.63, 3.8) is 0 Å². The molecule has 0 radical (unpaired) electrons. The lowest BCUT2D eigenvalue weighted by Gasteiger charge is -2.15. The maximum atomic E-state index is 12.7. The summed E-state index contributed by atoms with van der Waals surface area (Å²) in [5.41, 5.74) is 2.18. The van der Waals surface area contributed by atoms with E-state index in [-0.39, 0.29) is 11.1 Å². The summed E-state index contributed by atoms with van der Waals surface area (Å²) in [7, 11) is 0. The SMILES string of the molecule is Cc1ccc(-n2ncc(NC(C)c3nnc4ccccn34)c(Cl)c2=O)cc1Cl. The zero-order chi connectivity index (χ0) is 19.8. The third kappa shape index (κ3) is 3.23. The molecule has 1 aromatic carbocycles. The van der Waals surface area contributed by atoms with Gasteiger partial charge in [0.1, 0.15) is 5.02 Å². The second-order valence-electron chi connectivity index (χ2n) is 6.38. The highest BCUT2D eigenvalue weighted by molar-refractivity contribution is 6.33. The van der Waals surface area contributed by atoms with Gasteiger partial charge in [0.25, 0.3) is 5.56 Å². The number of aromatic nitrogens is 5. The number of aryl methyl sites for hydroxylation is 1. The van der Waals surface area contributed by atoms with Crippen LogP contribution in [0.5, 0.6) is 0 Å². The molecule has 0 saturated heterocycles. The highest BCUT2D eigenvalue weighted by atomic mass is 35.5. The number of hydrogen-bond acceptors (Lipinski definition) is 5. The molecule has 0 aliphatic rings. The number of anilines is 1. The molecule has 4 rings (SSSR count). The van der Waals surface area contributed by atoms with E-state index in [1.54, 1.807) is 12.1 Å². The molecule has 0 saturated carbocycles. The molecule has 1 atom stereocenters. The van der Waals surface area contributed by atoms with Gasteiger partial charge in [0.05, 0.1) is 23.6 Å². The molecule has 1 unspecified atom stereocenters. The largest absolute Gasteiger partial charge is 0.373 e. The average Bonchev–Trinajstić information content (AvgIpc) is 3.12. The molecule has 1 N–H and O–H groups in total. The Hall–Kier alpha value is -2.90. The van der Waals surface area contributed by atoms with Crippen LogP contribution >= 0.6 is 23.2 Å². The number of halogens is 2. The number of pyridine rings is 1. The minimum absolute atomic E-state index is 0.0346. The molecule has 0 aliphatic carbocycles. The first-order chi connectivity index (χ1) is 13.5. The van der Waals surface area contributed by atoms with Crippen molar-refractivity contribution in [1.29, 1.82) is 0 Å². The van der Waals surface area contributed by atoms with Crippen molar-refractivity contribution in [2.75, 3.05) is 5.32 Å². The monoisotopic (exact) mass is 414 g/mol. The Morgan fingerprint density at radius 1 is 1.14 bits per heavy atom. The van der Waals surface area contributed by atoms with E-state index in [9.17, 15) is 4.79 Å². The second kappa shape index (κ2) is 7.26. The normalized spacial score (nSPS) is 12.3. The van der Waals surface area contributed by atoms with Crippen LogP contribution in [-0.2, 0) is 0 Å². The van der Waals surface area contributed by atoms with Gasteiger partial charge in [-0.3, -0.25) is 9.20 Å². The Balaban J connectivity index is 1.67. The summed E-state index contributed by atoms with van der Waals surface area (Å²) in [5, 5.41) is 16.4. The van der Waals surface area contributed by atoms with Crippen LogP contribution in [0.15, 0.2) is 53.6 Å². The van der Waals surface area contributed by atoms with Crippen LogP contribution in [0, 0.1) is 6.92 Å². The van der Waals surface area contributed by atoms with E-state index in [1.807, 2.05) is 48.7 Å². The van der Waals surface area contributed by atoms with Gasteiger partial charge in [-0.15, -0.1) is 10.2 Å². The fraction of sp³-hybridized carbons (Fsp3) is 0.158. The van der Waals surface area contributed by atoms with E-state index in [2.05, 4.69) is 20.6 Å². The van der Waals surface area contributed by atoms with Crippen molar-refractivity contribution in [3.05, 3.63) is 80.6 Å². The van der Waals surface area contributed by atoms with Crippen molar-refractivity contribution < 1.29 is 0 Å². The highest BCUT2D eigenvalue weighted by Gasteiger charge is 2.17. The standard InChI is InChI=1S/C19H16Cl2N6O/c1-11-6-7-13(9-14(11)20)27-19(28)17(21)15(10-22-27)23-12(2)18-25-24-16-5-3-4-8-26(16)18/h3-10,12,23H,1-2H3. The van der Waals surface area contributed by atoms with Crippen LogP contribution in [0.2, 0.25) is 10.0 Å². The Morgan fingerprint density at radius 2 is 1.96 bits per heavy atom. The summed E-state index contributed by atoms with van der Waals surface area (Å²) >= 11 is 12.5. The first-order valence-corrected chi connectivity index (χ1v) is 9.32. The smallest absolute Gasteiger partial charge is 0.292 e. The van der Waals surface area contributed by atoms with Gasteiger partial charge in [0.2, 0.25) is 0 Å². The van der Waals surface area contributed by atoms with Gasteiger partial charge in [-0.1, -0.05) is 35.3 Å². The fourth-order valence-electron chi connectivity index (χ4n) is 2.88. The number of hydrogen-bond donors (Lipinski definition) is 1. The number of benzene rings is 1. The molecule has 4 aromatic rings. The molecule has 9 heteroatoms. The Labute approximate surface area is 170 Å². The van der Waals surface area contributed by atoms with Gasteiger partial charge >= 0.3 is 0 Å². The third-order valence-corrected chi connectivity index (χ3v) is 5.19. The predicted octanol–water partition coefficient (Wildman–Crippen LogP) is 4.06. The first-order valence-electron chi connectivity index (χ1n) is 8.56. The molecule has 142 valence electrons. The van der Waals surface area contributed by atoms with Gasteiger partial charge < -0.3 is 5.32 Å². The van der Waals surface area contributed by atoms with E-state index in [0.717, 1.165) is 11.2 Å². The lowest BCUT2D eigenvalue weighted by molar-refractivity contribution is 0.762. The highest BCUT2D eigenvalue weighted by Crippen LogP contribution is 2.24. The molecule has 0 fully saturated rings. The summed E-state index contributed by atoms with van der Waals surface area (Å²) in [6, 6.07) is 10.7. The minimum Gasteiger partial charge on any atom is -0.373 e. The number of fused-ring (bicyclic) bond motifs is 1. The van der Waals surface area contributed by atoms with E-state index in [0.29, 0.717) is 22.2 Å². The molecule has 3 aromatic heterocycles. The zero-order valence-corrected chi connectivity index (χ0v) is 16.6. The van der Waals surface area contributed by atoms with Crippen molar-refractivity contribution in [1.82, 2.24) is 24.4 Å². The maximum absolute atomic E-state index is 12.7. The van der Waals surface area contributed by atoms with Crippen molar-refractivity contribution >= 4 is 34.5 Å². The van der Waals surface area contributed by atoms with E-state index < -0.39 is 5.56 Å². The van der Waals surface area contributed by atoms with E-state index in [1.165, 1.54) is 10.9 Å². The van der Waals surface area contributed by atoms with Crippen LogP contribution in [0.1, 0.15) is 24.4 Å². The number of nitrogens with one attached hydrogen (secondary N) is 1. The minimum atomic E-state index is -0.440. The average molecular weight is 415 g/mol. The van der Waals surface area contributed by atoms with Crippen molar-refractivity contribution in [3.8, 4) is 5.69 Å². The molecule has 7 nitrogen and oxygen atoms in total. The van der Waals surface area contributed by atoms with Crippen LogP contribution in [0.3, 0.4) is 0 Å². The summed E-state index contributed by atoms with van der Waals surface area (Å²) in [5.74, 6) is 0.696. The quantitative estimate of drug-likeness (QED) is 0.544. The second-order valence-corrected chi connectivity index (χ2v) is 7.16. The van der Waals surface area contributed by atoms with Crippen molar-refractivity contribution in [2.24, 2.45) is 0 Å². The third-order valence-electron chi connectivity index (χ3n) is 4.42. The molecular formula is C19H16Cl2N6O. The lowest BCUT2D eigenvalue weighted by Crippen LogP contribution is -2.23. The Bertz CT molecular complexity index is 1230. The molecule has 0 amide bonds. The Kier molecular flexibility index (Phi) is 4.78. The van der Waals surface area contributed by atoms with Crippen LogP contribution < -0.4 is 10.9 Å². The predicted molar refractivity (Wildman–Crippen MR) is 110 cm³/mol. The van der Waals surface area contributed by atoms with E-state index in [4.69, 9.17) is 23.2 Å². The molecule has 28 heavy (non-hydrogen) atoms. The van der Waals surface area contributed by atoms with Gasteiger partial charge in [0.15, 0.2) is 11.5 Å². The number of nitrogens with zero attached hydrogens (tertiary/aromatic N) is 5. The molecular weight excluding hydrogens is 399 g/mol. The Morgan fingerprint density at radius 3 is 2.75 bits per heavy atom. The first kappa shape index (κ1) is 18.5. The van der Waals surface area contributed by atoms with E-state index >= 15 is 0 Å².